The molecule has 0 atom stereocenters. The molecule has 128 valence electrons. The molecule has 0 aliphatic carbocycles. The molecule has 0 aromatic heterocycles. The van der Waals surface area contributed by atoms with Crippen LogP contribution < -0.4 is 9.47 Å². The minimum absolute atomic E-state index is 0.0452. The molecule has 0 bridgehead atoms. The van der Waals surface area contributed by atoms with Gasteiger partial charge < -0.3 is 9.47 Å². The van der Waals surface area contributed by atoms with Crippen molar-refractivity contribution in [2.75, 3.05) is 6.61 Å². The van der Waals surface area contributed by atoms with Gasteiger partial charge in [0.2, 0.25) is 0 Å². The summed E-state index contributed by atoms with van der Waals surface area (Å²) < 4.78 is 51.0. The van der Waals surface area contributed by atoms with Gasteiger partial charge in [-0.15, -0.1) is 0 Å². The summed E-state index contributed by atoms with van der Waals surface area (Å²) in [6.07, 6.45) is 0. The zero-order valence-corrected chi connectivity index (χ0v) is 13.2. The van der Waals surface area contributed by atoms with Gasteiger partial charge in [0, 0.05) is 11.5 Å². The van der Waals surface area contributed by atoms with Crippen molar-refractivity contribution in [2.45, 2.75) is 6.92 Å². The number of carbonyl (C=O) groups excluding carboxylic acids is 1. The zero-order chi connectivity index (χ0) is 18.0. The van der Waals surface area contributed by atoms with Crippen LogP contribution in [-0.4, -0.2) is 12.6 Å². The van der Waals surface area contributed by atoms with Crippen molar-refractivity contribution >= 4 is 16.7 Å². The van der Waals surface area contributed by atoms with Crippen molar-refractivity contribution in [1.29, 1.82) is 0 Å². The number of ether oxygens (including phenoxy) is 2. The summed E-state index contributed by atoms with van der Waals surface area (Å²) in [7, 11) is 0. The molecule has 3 aromatic rings. The van der Waals surface area contributed by atoms with E-state index >= 15 is 0 Å². The number of esters is 1. The van der Waals surface area contributed by atoms with Crippen molar-refractivity contribution in [3.8, 4) is 11.5 Å². The molecule has 3 rings (SSSR count). The number of fused-ring (bicyclic) bond motifs is 1. The first-order valence-corrected chi connectivity index (χ1v) is 7.52. The predicted molar refractivity (Wildman–Crippen MR) is 86.4 cm³/mol. The fourth-order valence-corrected chi connectivity index (χ4v) is 2.37. The molecular formula is C19H13F3O3. The third kappa shape index (κ3) is 3.42. The molecule has 0 spiro atoms. The van der Waals surface area contributed by atoms with Gasteiger partial charge in [-0.05, 0) is 42.6 Å². The van der Waals surface area contributed by atoms with Crippen LogP contribution in [0.3, 0.4) is 0 Å². The molecule has 25 heavy (non-hydrogen) atoms. The smallest absolute Gasteiger partial charge is 0.343 e. The monoisotopic (exact) mass is 346 g/mol. The van der Waals surface area contributed by atoms with Gasteiger partial charge in [-0.1, -0.05) is 12.1 Å². The zero-order valence-electron chi connectivity index (χ0n) is 13.2. The molecule has 0 unspecified atom stereocenters. The molecule has 0 amide bonds. The van der Waals surface area contributed by atoms with E-state index in [2.05, 4.69) is 0 Å². The second-order valence-electron chi connectivity index (χ2n) is 5.21. The van der Waals surface area contributed by atoms with E-state index in [0.717, 1.165) is 12.1 Å². The summed E-state index contributed by atoms with van der Waals surface area (Å²) in [4.78, 5) is 12.2. The predicted octanol–water partition coefficient (Wildman–Crippen LogP) is 4.88. The lowest BCUT2D eigenvalue weighted by atomic mass is 10.1. The number of rotatable bonds is 4. The lowest BCUT2D eigenvalue weighted by Crippen LogP contribution is -2.09. The minimum Gasteiger partial charge on any atom is -0.494 e. The Balaban J connectivity index is 1.86. The highest BCUT2D eigenvalue weighted by atomic mass is 19.2. The van der Waals surface area contributed by atoms with Crippen LogP contribution in [0.4, 0.5) is 13.2 Å². The summed E-state index contributed by atoms with van der Waals surface area (Å²) in [6, 6.07) is 10.1. The van der Waals surface area contributed by atoms with E-state index in [0.29, 0.717) is 17.7 Å². The normalized spacial score (nSPS) is 10.7. The summed E-state index contributed by atoms with van der Waals surface area (Å²) in [5.41, 5.74) is 0.0896. The van der Waals surface area contributed by atoms with Crippen molar-refractivity contribution < 1.29 is 27.4 Å². The molecule has 3 nitrogen and oxygen atoms in total. The van der Waals surface area contributed by atoms with Gasteiger partial charge in [-0.25, -0.2) is 18.0 Å². The van der Waals surface area contributed by atoms with Crippen LogP contribution in [0.1, 0.15) is 17.3 Å². The Morgan fingerprint density at radius 2 is 1.76 bits per heavy atom. The highest BCUT2D eigenvalue weighted by Crippen LogP contribution is 2.25. The van der Waals surface area contributed by atoms with Gasteiger partial charge in [0.05, 0.1) is 12.2 Å². The SMILES string of the molecule is CCOc1ccc(OC(=O)c2ccc3c(F)c(F)ccc3c2)c(F)c1. The van der Waals surface area contributed by atoms with E-state index in [9.17, 15) is 18.0 Å². The van der Waals surface area contributed by atoms with Gasteiger partial charge in [0.25, 0.3) is 0 Å². The third-order valence-electron chi connectivity index (χ3n) is 3.56. The molecule has 0 radical (unpaired) electrons. The van der Waals surface area contributed by atoms with Gasteiger partial charge in [-0.2, -0.15) is 0 Å². The first-order chi connectivity index (χ1) is 12.0. The number of hydrogen-bond donors (Lipinski definition) is 0. The second-order valence-corrected chi connectivity index (χ2v) is 5.21. The third-order valence-corrected chi connectivity index (χ3v) is 3.56. The number of carbonyl (C=O) groups is 1. The lowest BCUT2D eigenvalue weighted by molar-refractivity contribution is 0.0727. The fourth-order valence-electron chi connectivity index (χ4n) is 2.37. The van der Waals surface area contributed by atoms with Crippen LogP contribution in [0.2, 0.25) is 0 Å². The minimum atomic E-state index is -0.991. The number of halogens is 3. The van der Waals surface area contributed by atoms with E-state index in [1.54, 1.807) is 6.92 Å². The summed E-state index contributed by atoms with van der Waals surface area (Å²) >= 11 is 0. The van der Waals surface area contributed by atoms with Crippen molar-refractivity contribution in [1.82, 2.24) is 0 Å². The highest BCUT2D eigenvalue weighted by molar-refractivity contribution is 5.96. The van der Waals surface area contributed by atoms with Gasteiger partial charge >= 0.3 is 5.97 Å². The maximum Gasteiger partial charge on any atom is 0.343 e. The van der Waals surface area contributed by atoms with E-state index < -0.39 is 23.4 Å². The molecule has 0 fully saturated rings. The molecule has 3 aromatic carbocycles. The van der Waals surface area contributed by atoms with Crippen molar-refractivity contribution in [2.24, 2.45) is 0 Å². The van der Waals surface area contributed by atoms with Gasteiger partial charge in [-0.3, -0.25) is 0 Å². The van der Waals surface area contributed by atoms with Crippen LogP contribution in [0, 0.1) is 17.5 Å². The summed E-state index contributed by atoms with van der Waals surface area (Å²) in [5, 5.41) is 0.379. The highest BCUT2D eigenvalue weighted by Gasteiger charge is 2.15. The van der Waals surface area contributed by atoms with Gasteiger partial charge in [0.1, 0.15) is 5.75 Å². The van der Waals surface area contributed by atoms with E-state index in [1.807, 2.05) is 0 Å². The van der Waals surface area contributed by atoms with Crippen molar-refractivity contribution in [3.63, 3.8) is 0 Å². The average molecular weight is 346 g/mol. The fraction of sp³-hybridized carbons (Fsp3) is 0.105. The van der Waals surface area contributed by atoms with E-state index in [-0.39, 0.29) is 16.7 Å². The van der Waals surface area contributed by atoms with Crippen LogP contribution in [0.25, 0.3) is 10.8 Å². The van der Waals surface area contributed by atoms with E-state index in [4.69, 9.17) is 9.47 Å². The first-order valence-electron chi connectivity index (χ1n) is 7.52. The molecule has 0 heterocycles. The molecular weight excluding hydrogens is 333 g/mol. The van der Waals surface area contributed by atoms with E-state index in [1.165, 1.54) is 36.4 Å². The number of hydrogen-bond acceptors (Lipinski definition) is 3. The summed E-state index contributed by atoms with van der Waals surface area (Å²) in [5.74, 6) is -3.45. The molecule has 0 saturated heterocycles. The molecule has 0 aliphatic rings. The lowest BCUT2D eigenvalue weighted by Gasteiger charge is -2.08. The van der Waals surface area contributed by atoms with Crippen LogP contribution in [-0.2, 0) is 0 Å². The maximum absolute atomic E-state index is 14.0. The summed E-state index contributed by atoms with van der Waals surface area (Å²) in [6.45, 7) is 2.15. The Hall–Kier alpha value is -3.02. The molecule has 6 heteroatoms. The first kappa shape index (κ1) is 16.8. The number of benzene rings is 3. The quantitative estimate of drug-likeness (QED) is 0.499. The standard InChI is InChI=1S/C19H13F3O3/c1-2-24-13-5-8-17(16(21)10-13)25-19(23)12-3-6-14-11(9-12)4-7-15(20)18(14)22/h3-10H,2H2,1H3. The van der Waals surface area contributed by atoms with Crippen LogP contribution >= 0.6 is 0 Å². The van der Waals surface area contributed by atoms with Gasteiger partial charge in [0.15, 0.2) is 23.2 Å². The largest absolute Gasteiger partial charge is 0.494 e. The van der Waals surface area contributed by atoms with Crippen LogP contribution in [0.15, 0.2) is 48.5 Å². The molecule has 0 aliphatic heterocycles. The Labute approximate surface area is 141 Å². The topological polar surface area (TPSA) is 35.5 Å². The van der Waals surface area contributed by atoms with Crippen LogP contribution in [0.5, 0.6) is 11.5 Å². The Bertz CT molecular complexity index is 954. The van der Waals surface area contributed by atoms with Crippen molar-refractivity contribution in [3.05, 3.63) is 71.5 Å². The maximum atomic E-state index is 14.0. The average Bonchev–Trinajstić information content (AvgIpc) is 2.60. The Morgan fingerprint density at radius 1 is 0.960 bits per heavy atom. The Morgan fingerprint density at radius 3 is 2.48 bits per heavy atom. The Kier molecular flexibility index (Phi) is 4.61. The molecule has 0 saturated carbocycles. The second kappa shape index (κ2) is 6.84. The molecule has 0 N–H and O–H groups in total.